The van der Waals surface area contributed by atoms with Crippen molar-refractivity contribution in [1.29, 1.82) is 0 Å². The number of aromatic nitrogens is 1. The monoisotopic (exact) mass is 365 g/mol. The molecule has 1 saturated carbocycles. The van der Waals surface area contributed by atoms with Crippen LogP contribution in [-0.4, -0.2) is 29.1 Å². The first-order chi connectivity index (χ1) is 11.4. The Balaban J connectivity index is 0.00000225. The molecule has 3 rings (SSSR count). The van der Waals surface area contributed by atoms with Crippen LogP contribution >= 0.6 is 12.4 Å². The number of hydrogen-bond donors (Lipinski definition) is 2. The summed E-state index contributed by atoms with van der Waals surface area (Å²) in [6.07, 6.45) is 3.52. The molecule has 2 atom stereocenters. The topological polar surface area (TPSA) is 90.4 Å². The molecular weight excluding hydrogens is 342 g/mol. The maximum atomic E-state index is 12.8. The van der Waals surface area contributed by atoms with Crippen LogP contribution in [0.25, 0.3) is 11.3 Å². The number of carbonyl (C=O) groups excluding carboxylic acids is 1. The van der Waals surface area contributed by atoms with E-state index in [4.69, 9.17) is 14.9 Å². The molecule has 136 valence electrons. The summed E-state index contributed by atoms with van der Waals surface area (Å²) in [7, 11) is 0. The first-order valence-corrected chi connectivity index (χ1v) is 8.09. The Bertz CT molecular complexity index is 733. The maximum Gasteiger partial charge on any atom is 0.245 e. The lowest BCUT2D eigenvalue weighted by molar-refractivity contribution is -0.166. The van der Waals surface area contributed by atoms with Crippen molar-refractivity contribution < 1.29 is 13.9 Å². The van der Waals surface area contributed by atoms with E-state index >= 15 is 0 Å². The van der Waals surface area contributed by atoms with E-state index < -0.39 is 11.0 Å². The van der Waals surface area contributed by atoms with Crippen molar-refractivity contribution in [1.82, 2.24) is 4.98 Å². The molecule has 1 aliphatic rings. The molecule has 1 aromatic carbocycles. The quantitative estimate of drug-likeness (QED) is 0.848. The Hall–Kier alpha value is -1.89. The molecule has 0 spiro atoms. The van der Waals surface area contributed by atoms with Gasteiger partial charge in [0.2, 0.25) is 5.91 Å². The highest BCUT2D eigenvalue weighted by atomic mass is 35.5. The lowest BCUT2D eigenvalue weighted by Gasteiger charge is -2.57. The van der Waals surface area contributed by atoms with Crippen LogP contribution in [0, 0.1) is 5.41 Å². The van der Waals surface area contributed by atoms with Gasteiger partial charge in [0.1, 0.15) is 5.54 Å². The summed E-state index contributed by atoms with van der Waals surface area (Å²) in [5.41, 5.74) is 6.55. The SMILES string of the molecule is CCOC1CC(N)(C(=O)Nc2cccc(-c3cnco3)c2)C1(C)C.Cl. The molecule has 1 fully saturated rings. The van der Waals surface area contributed by atoms with Gasteiger partial charge in [0.05, 0.1) is 12.3 Å². The molecule has 7 heteroatoms. The fourth-order valence-electron chi connectivity index (χ4n) is 3.17. The lowest BCUT2D eigenvalue weighted by atomic mass is 9.54. The van der Waals surface area contributed by atoms with Crippen LogP contribution in [0.5, 0.6) is 0 Å². The van der Waals surface area contributed by atoms with Gasteiger partial charge in [0, 0.05) is 29.7 Å². The normalized spacial score (nSPS) is 24.1. The van der Waals surface area contributed by atoms with E-state index in [9.17, 15) is 4.79 Å². The molecule has 6 nitrogen and oxygen atoms in total. The zero-order valence-corrected chi connectivity index (χ0v) is 15.4. The molecule has 3 N–H and O–H groups in total. The Morgan fingerprint density at radius 1 is 1.48 bits per heavy atom. The Morgan fingerprint density at radius 3 is 2.84 bits per heavy atom. The third kappa shape index (κ3) is 3.29. The second-order valence-electron chi connectivity index (χ2n) is 6.74. The molecular formula is C18H24ClN3O3. The summed E-state index contributed by atoms with van der Waals surface area (Å²) in [6, 6.07) is 7.42. The third-order valence-electron chi connectivity index (χ3n) is 5.07. The number of oxazole rings is 1. The van der Waals surface area contributed by atoms with Crippen molar-refractivity contribution in [2.75, 3.05) is 11.9 Å². The fourth-order valence-corrected chi connectivity index (χ4v) is 3.17. The van der Waals surface area contributed by atoms with Crippen LogP contribution in [0.1, 0.15) is 27.2 Å². The summed E-state index contributed by atoms with van der Waals surface area (Å²) in [5.74, 6) is 0.451. The summed E-state index contributed by atoms with van der Waals surface area (Å²) in [6.45, 7) is 6.51. The van der Waals surface area contributed by atoms with Crippen molar-refractivity contribution in [2.45, 2.75) is 38.8 Å². The van der Waals surface area contributed by atoms with Crippen LogP contribution in [-0.2, 0) is 9.53 Å². The predicted octanol–water partition coefficient (Wildman–Crippen LogP) is 3.23. The van der Waals surface area contributed by atoms with E-state index in [0.717, 1.165) is 5.56 Å². The largest absolute Gasteiger partial charge is 0.444 e. The number of nitrogens with two attached hydrogens (primary N) is 1. The number of ether oxygens (including phenoxy) is 1. The number of nitrogens with zero attached hydrogens (tertiary/aromatic N) is 1. The van der Waals surface area contributed by atoms with E-state index in [2.05, 4.69) is 10.3 Å². The average molecular weight is 366 g/mol. The van der Waals surface area contributed by atoms with Gasteiger partial charge in [-0.25, -0.2) is 4.98 Å². The van der Waals surface area contributed by atoms with Gasteiger partial charge < -0.3 is 20.2 Å². The second-order valence-corrected chi connectivity index (χ2v) is 6.74. The molecule has 2 aromatic rings. The number of rotatable bonds is 5. The van der Waals surface area contributed by atoms with E-state index in [0.29, 0.717) is 24.5 Å². The maximum absolute atomic E-state index is 12.8. The highest BCUT2D eigenvalue weighted by molar-refractivity contribution is 6.00. The molecule has 1 aliphatic carbocycles. The minimum absolute atomic E-state index is 0. The van der Waals surface area contributed by atoms with Gasteiger partial charge >= 0.3 is 0 Å². The number of hydrogen-bond acceptors (Lipinski definition) is 5. The number of halogens is 1. The molecule has 0 aliphatic heterocycles. The van der Waals surface area contributed by atoms with E-state index in [1.807, 2.05) is 45.0 Å². The van der Waals surface area contributed by atoms with Crippen LogP contribution in [0.4, 0.5) is 5.69 Å². The number of amides is 1. The predicted molar refractivity (Wildman–Crippen MR) is 98.5 cm³/mol. The van der Waals surface area contributed by atoms with Crippen molar-refractivity contribution >= 4 is 24.0 Å². The first kappa shape index (κ1) is 19.4. The second kappa shape index (κ2) is 7.15. The van der Waals surface area contributed by atoms with Gasteiger partial charge in [-0.05, 0) is 19.1 Å². The number of benzene rings is 1. The summed E-state index contributed by atoms with van der Waals surface area (Å²) in [5, 5.41) is 2.92. The summed E-state index contributed by atoms with van der Waals surface area (Å²) < 4.78 is 11.0. The molecule has 1 amide bonds. The summed E-state index contributed by atoms with van der Waals surface area (Å²) in [4.78, 5) is 16.7. The van der Waals surface area contributed by atoms with Crippen LogP contribution < -0.4 is 11.1 Å². The van der Waals surface area contributed by atoms with Crippen LogP contribution in [0.3, 0.4) is 0 Å². The molecule has 2 unspecified atom stereocenters. The van der Waals surface area contributed by atoms with Gasteiger partial charge in [-0.15, -0.1) is 12.4 Å². The number of carbonyl (C=O) groups is 1. The average Bonchev–Trinajstić information content (AvgIpc) is 3.09. The van der Waals surface area contributed by atoms with Crippen molar-refractivity contribution in [3.05, 3.63) is 36.9 Å². The number of nitrogens with one attached hydrogen (secondary N) is 1. The molecule has 0 radical (unpaired) electrons. The van der Waals surface area contributed by atoms with Crippen LogP contribution in [0.15, 0.2) is 41.3 Å². The van der Waals surface area contributed by atoms with Gasteiger partial charge in [-0.2, -0.15) is 0 Å². The zero-order valence-electron chi connectivity index (χ0n) is 14.6. The highest BCUT2D eigenvalue weighted by Gasteiger charge is 2.62. The minimum atomic E-state index is -0.949. The molecule has 1 heterocycles. The standard InChI is InChI=1S/C18H23N3O3.ClH/c1-4-23-15-9-18(19,17(15,2)3)16(22)21-13-7-5-6-12(8-13)14-10-20-11-24-14;/h5-8,10-11,15H,4,9,19H2,1-3H3,(H,21,22);1H. The molecule has 0 bridgehead atoms. The van der Waals surface area contributed by atoms with Gasteiger partial charge in [0.25, 0.3) is 0 Å². The Kier molecular flexibility index (Phi) is 5.56. The first-order valence-electron chi connectivity index (χ1n) is 8.09. The molecule has 25 heavy (non-hydrogen) atoms. The van der Waals surface area contributed by atoms with Gasteiger partial charge in [0.15, 0.2) is 12.2 Å². The van der Waals surface area contributed by atoms with Gasteiger partial charge in [-0.1, -0.05) is 26.0 Å². The van der Waals surface area contributed by atoms with E-state index in [1.165, 1.54) is 6.39 Å². The third-order valence-corrected chi connectivity index (χ3v) is 5.07. The minimum Gasteiger partial charge on any atom is -0.444 e. The number of anilines is 1. The van der Waals surface area contributed by atoms with Crippen molar-refractivity contribution in [3.63, 3.8) is 0 Å². The van der Waals surface area contributed by atoms with Gasteiger partial charge in [-0.3, -0.25) is 4.79 Å². The summed E-state index contributed by atoms with van der Waals surface area (Å²) >= 11 is 0. The van der Waals surface area contributed by atoms with Crippen LogP contribution in [0.2, 0.25) is 0 Å². The zero-order chi connectivity index (χ0) is 17.4. The van der Waals surface area contributed by atoms with E-state index in [-0.39, 0.29) is 24.4 Å². The molecule has 0 saturated heterocycles. The Labute approximate surface area is 153 Å². The fraction of sp³-hybridized carbons (Fsp3) is 0.444. The highest BCUT2D eigenvalue weighted by Crippen LogP contribution is 2.50. The Morgan fingerprint density at radius 2 is 2.24 bits per heavy atom. The van der Waals surface area contributed by atoms with Crippen molar-refractivity contribution in [2.24, 2.45) is 11.1 Å². The molecule has 1 aromatic heterocycles. The smallest absolute Gasteiger partial charge is 0.245 e. The van der Waals surface area contributed by atoms with E-state index in [1.54, 1.807) is 6.20 Å². The lowest BCUT2D eigenvalue weighted by Crippen LogP contribution is -2.74. The van der Waals surface area contributed by atoms with Crippen molar-refractivity contribution in [3.8, 4) is 11.3 Å².